The fourth-order valence-corrected chi connectivity index (χ4v) is 2.14. The SMILES string of the molecule is Cl.O=C(NCCN1CCCCC1)C1CNC1. The van der Waals surface area contributed by atoms with Gasteiger partial charge in [-0.2, -0.15) is 0 Å². The lowest BCUT2D eigenvalue weighted by atomic mass is 10.0. The maximum absolute atomic E-state index is 11.5. The van der Waals surface area contributed by atoms with E-state index in [4.69, 9.17) is 0 Å². The lowest BCUT2D eigenvalue weighted by molar-refractivity contribution is -0.126. The van der Waals surface area contributed by atoms with Crippen molar-refractivity contribution in [1.82, 2.24) is 15.5 Å². The van der Waals surface area contributed by atoms with E-state index in [1.807, 2.05) is 0 Å². The number of nitrogens with zero attached hydrogens (tertiary/aromatic N) is 1. The summed E-state index contributed by atoms with van der Waals surface area (Å²) in [6.45, 7) is 5.97. The third-order valence-corrected chi connectivity index (χ3v) is 3.33. The van der Waals surface area contributed by atoms with Crippen molar-refractivity contribution in [2.24, 2.45) is 5.92 Å². The molecule has 0 atom stereocenters. The number of hydrogen-bond donors (Lipinski definition) is 2. The zero-order chi connectivity index (χ0) is 10.5. The summed E-state index contributed by atoms with van der Waals surface area (Å²) in [5.41, 5.74) is 0. The summed E-state index contributed by atoms with van der Waals surface area (Å²) in [5, 5.41) is 6.12. The third-order valence-electron chi connectivity index (χ3n) is 3.33. The first-order valence-corrected chi connectivity index (χ1v) is 6.07. The molecule has 2 N–H and O–H groups in total. The highest BCUT2D eigenvalue weighted by Gasteiger charge is 2.24. The van der Waals surface area contributed by atoms with Crippen LogP contribution in [-0.2, 0) is 4.79 Å². The Morgan fingerprint density at radius 2 is 1.94 bits per heavy atom. The zero-order valence-electron chi connectivity index (χ0n) is 9.71. The van der Waals surface area contributed by atoms with Gasteiger partial charge in [0.2, 0.25) is 5.91 Å². The molecular formula is C11H22ClN3O. The minimum absolute atomic E-state index is 0. The highest BCUT2D eigenvalue weighted by atomic mass is 35.5. The van der Waals surface area contributed by atoms with Gasteiger partial charge in [0, 0.05) is 26.2 Å². The van der Waals surface area contributed by atoms with Crippen molar-refractivity contribution in [2.45, 2.75) is 19.3 Å². The molecule has 0 bridgehead atoms. The van der Waals surface area contributed by atoms with Crippen LogP contribution < -0.4 is 10.6 Å². The molecule has 4 nitrogen and oxygen atoms in total. The Kier molecular flexibility index (Phi) is 6.09. The number of likely N-dealkylation sites (tertiary alicyclic amines) is 1. The average Bonchev–Trinajstić information content (AvgIpc) is 2.16. The molecule has 0 aromatic heterocycles. The lowest BCUT2D eigenvalue weighted by Crippen LogP contribution is -2.51. The second-order valence-corrected chi connectivity index (χ2v) is 4.55. The van der Waals surface area contributed by atoms with Crippen LogP contribution in [0.25, 0.3) is 0 Å². The molecule has 0 radical (unpaired) electrons. The molecule has 1 amide bonds. The Balaban J connectivity index is 0.00000128. The Hall–Kier alpha value is -0.320. The molecule has 2 aliphatic heterocycles. The molecular weight excluding hydrogens is 226 g/mol. The number of piperidine rings is 1. The number of amides is 1. The van der Waals surface area contributed by atoms with Crippen molar-refractivity contribution in [3.05, 3.63) is 0 Å². The second kappa shape index (κ2) is 7.09. The molecule has 94 valence electrons. The van der Waals surface area contributed by atoms with Gasteiger partial charge >= 0.3 is 0 Å². The van der Waals surface area contributed by atoms with Crippen LogP contribution in [0.5, 0.6) is 0 Å². The van der Waals surface area contributed by atoms with Crippen LogP contribution in [0.4, 0.5) is 0 Å². The summed E-state index contributed by atoms with van der Waals surface area (Å²) in [6.07, 6.45) is 4.01. The number of halogens is 1. The summed E-state index contributed by atoms with van der Waals surface area (Å²) in [5.74, 6) is 0.456. The summed E-state index contributed by atoms with van der Waals surface area (Å²) >= 11 is 0. The van der Waals surface area contributed by atoms with E-state index in [1.165, 1.54) is 32.4 Å². The van der Waals surface area contributed by atoms with Gasteiger partial charge in [-0.3, -0.25) is 4.79 Å². The minimum atomic E-state index is 0. The molecule has 2 rings (SSSR count). The first kappa shape index (κ1) is 13.7. The summed E-state index contributed by atoms with van der Waals surface area (Å²) in [7, 11) is 0. The van der Waals surface area contributed by atoms with Crippen molar-refractivity contribution in [1.29, 1.82) is 0 Å². The van der Waals surface area contributed by atoms with Crippen molar-refractivity contribution in [3.8, 4) is 0 Å². The normalized spacial score (nSPS) is 22.0. The van der Waals surface area contributed by atoms with Gasteiger partial charge in [-0.05, 0) is 25.9 Å². The fourth-order valence-electron chi connectivity index (χ4n) is 2.14. The standard InChI is InChI=1S/C11H21N3O.ClH/c15-11(10-8-12-9-10)13-4-7-14-5-2-1-3-6-14;/h10,12H,1-9H2,(H,13,15);1H. The minimum Gasteiger partial charge on any atom is -0.354 e. The zero-order valence-corrected chi connectivity index (χ0v) is 10.5. The first-order valence-electron chi connectivity index (χ1n) is 6.07. The van der Waals surface area contributed by atoms with Gasteiger partial charge in [0.1, 0.15) is 0 Å². The Bertz CT molecular complexity index is 215. The second-order valence-electron chi connectivity index (χ2n) is 4.55. The maximum atomic E-state index is 11.5. The van der Waals surface area contributed by atoms with E-state index in [0.29, 0.717) is 0 Å². The molecule has 5 heteroatoms. The number of nitrogens with one attached hydrogen (secondary N) is 2. The van der Waals surface area contributed by atoms with Crippen molar-refractivity contribution in [2.75, 3.05) is 39.3 Å². The molecule has 16 heavy (non-hydrogen) atoms. The van der Waals surface area contributed by atoms with E-state index in [-0.39, 0.29) is 24.2 Å². The number of rotatable bonds is 4. The topological polar surface area (TPSA) is 44.4 Å². The highest BCUT2D eigenvalue weighted by Crippen LogP contribution is 2.07. The summed E-state index contributed by atoms with van der Waals surface area (Å²) in [4.78, 5) is 13.9. The van der Waals surface area contributed by atoms with Gasteiger partial charge in [0.15, 0.2) is 0 Å². The molecule has 0 aliphatic carbocycles. The molecule has 2 aliphatic rings. The van der Waals surface area contributed by atoms with Gasteiger partial charge in [-0.1, -0.05) is 6.42 Å². The molecule has 0 saturated carbocycles. The molecule has 0 aromatic rings. The van der Waals surface area contributed by atoms with Gasteiger partial charge in [-0.15, -0.1) is 12.4 Å². The van der Waals surface area contributed by atoms with Crippen LogP contribution in [0, 0.1) is 5.92 Å². The molecule has 0 spiro atoms. The van der Waals surface area contributed by atoms with Crippen LogP contribution in [-0.4, -0.2) is 50.1 Å². The van der Waals surface area contributed by atoms with E-state index < -0.39 is 0 Å². The van der Waals surface area contributed by atoms with Crippen LogP contribution in [0.3, 0.4) is 0 Å². The van der Waals surface area contributed by atoms with Crippen molar-refractivity contribution < 1.29 is 4.79 Å². The van der Waals surface area contributed by atoms with E-state index in [9.17, 15) is 4.79 Å². The average molecular weight is 248 g/mol. The smallest absolute Gasteiger partial charge is 0.225 e. The molecule has 2 saturated heterocycles. The quantitative estimate of drug-likeness (QED) is 0.748. The van der Waals surface area contributed by atoms with Crippen LogP contribution in [0.2, 0.25) is 0 Å². The Morgan fingerprint density at radius 1 is 1.25 bits per heavy atom. The number of carbonyl (C=O) groups is 1. The van der Waals surface area contributed by atoms with Gasteiger partial charge < -0.3 is 15.5 Å². The Morgan fingerprint density at radius 3 is 2.50 bits per heavy atom. The van der Waals surface area contributed by atoms with Crippen LogP contribution in [0.15, 0.2) is 0 Å². The number of hydrogen-bond acceptors (Lipinski definition) is 3. The molecule has 2 heterocycles. The predicted octanol–water partition coefficient (Wildman–Crippen LogP) is 0.230. The van der Waals surface area contributed by atoms with Crippen LogP contribution >= 0.6 is 12.4 Å². The van der Waals surface area contributed by atoms with Gasteiger partial charge in [0.25, 0.3) is 0 Å². The molecule has 0 unspecified atom stereocenters. The summed E-state index contributed by atoms with van der Waals surface area (Å²) in [6, 6.07) is 0. The van der Waals surface area contributed by atoms with E-state index >= 15 is 0 Å². The van der Waals surface area contributed by atoms with E-state index in [0.717, 1.165) is 26.2 Å². The Labute approximate surface area is 104 Å². The molecule has 0 aromatic carbocycles. The van der Waals surface area contributed by atoms with Crippen molar-refractivity contribution >= 4 is 18.3 Å². The third kappa shape index (κ3) is 3.92. The largest absolute Gasteiger partial charge is 0.354 e. The summed E-state index contributed by atoms with van der Waals surface area (Å²) < 4.78 is 0. The predicted molar refractivity (Wildman–Crippen MR) is 66.9 cm³/mol. The van der Waals surface area contributed by atoms with E-state index in [1.54, 1.807) is 0 Å². The maximum Gasteiger partial charge on any atom is 0.225 e. The van der Waals surface area contributed by atoms with E-state index in [2.05, 4.69) is 15.5 Å². The van der Waals surface area contributed by atoms with Crippen LogP contribution in [0.1, 0.15) is 19.3 Å². The van der Waals surface area contributed by atoms with Crippen molar-refractivity contribution in [3.63, 3.8) is 0 Å². The first-order chi connectivity index (χ1) is 7.36. The number of carbonyl (C=O) groups excluding carboxylic acids is 1. The van der Waals surface area contributed by atoms with Gasteiger partial charge in [0.05, 0.1) is 5.92 Å². The fraction of sp³-hybridized carbons (Fsp3) is 0.909. The highest BCUT2D eigenvalue weighted by molar-refractivity contribution is 5.85. The monoisotopic (exact) mass is 247 g/mol. The lowest BCUT2D eigenvalue weighted by Gasteiger charge is -2.28. The van der Waals surface area contributed by atoms with Gasteiger partial charge in [-0.25, -0.2) is 0 Å². The molecule has 2 fully saturated rings.